The summed E-state index contributed by atoms with van der Waals surface area (Å²) in [7, 11) is 0. The maximum atomic E-state index is 12.1. The molecule has 23 heavy (non-hydrogen) atoms. The van der Waals surface area contributed by atoms with Crippen LogP contribution in [0.3, 0.4) is 0 Å². The molecule has 0 aliphatic carbocycles. The Kier molecular flexibility index (Phi) is 8.26. The normalized spacial score (nSPS) is 11.1. The monoisotopic (exact) mass is 386 g/mol. The van der Waals surface area contributed by atoms with Gasteiger partial charge < -0.3 is 14.2 Å². The van der Waals surface area contributed by atoms with Crippen LogP contribution in [-0.4, -0.2) is 42.5 Å². The van der Waals surface area contributed by atoms with Crippen LogP contribution in [0.1, 0.15) is 37.6 Å². The number of Topliss-reactive ketones (excluding diaryl/α,β-unsaturated/α-hetero) is 1. The van der Waals surface area contributed by atoms with Crippen molar-refractivity contribution in [3.8, 4) is 5.75 Å². The van der Waals surface area contributed by atoms with E-state index < -0.39 is 4.32 Å². The van der Waals surface area contributed by atoms with Gasteiger partial charge in [-0.2, -0.15) is 0 Å². The van der Waals surface area contributed by atoms with Gasteiger partial charge in [0.15, 0.2) is 5.78 Å². The lowest BCUT2D eigenvalue weighted by Crippen LogP contribution is -2.23. The van der Waals surface area contributed by atoms with Gasteiger partial charge in [0.1, 0.15) is 19.0 Å². The van der Waals surface area contributed by atoms with Crippen LogP contribution in [0.4, 0.5) is 0 Å². The van der Waals surface area contributed by atoms with Crippen molar-refractivity contribution in [1.82, 2.24) is 0 Å². The summed E-state index contributed by atoms with van der Waals surface area (Å²) >= 11 is 3.36. The molecule has 0 saturated carbocycles. The maximum Gasteiger partial charge on any atom is 0.305 e. The number of alkyl halides is 1. The minimum atomic E-state index is -0.579. The number of ether oxygens (including phenoxy) is 3. The van der Waals surface area contributed by atoms with E-state index in [9.17, 15) is 9.59 Å². The number of benzene rings is 1. The molecule has 0 saturated heterocycles. The number of ketones is 1. The summed E-state index contributed by atoms with van der Waals surface area (Å²) in [5.74, 6) is 0.468. The molecule has 0 unspecified atom stereocenters. The third-order valence-electron chi connectivity index (χ3n) is 2.93. The van der Waals surface area contributed by atoms with Crippen molar-refractivity contribution >= 4 is 27.7 Å². The third kappa shape index (κ3) is 7.61. The van der Waals surface area contributed by atoms with Gasteiger partial charge in [-0.15, -0.1) is 0 Å². The quantitative estimate of drug-likeness (QED) is 0.267. The summed E-state index contributed by atoms with van der Waals surface area (Å²) in [4.78, 5) is 23.0. The summed E-state index contributed by atoms with van der Waals surface area (Å²) < 4.78 is 15.1. The van der Waals surface area contributed by atoms with E-state index in [1.165, 1.54) is 0 Å². The molecule has 1 aromatic rings. The van der Waals surface area contributed by atoms with Gasteiger partial charge in [-0.25, -0.2) is 0 Å². The molecule has 0 radical (unpaired) electrons. The van der Waals surface area contributed by atoms with E-state index in [-0.39, 0.29) is 18.4 Å². The van der Waals surface area contributed by atoms with Crippen molar-refractivity contribution in [3.63, 3.8) is 0 Å². The zero-order chi connectivity index (χ0) is 17.3. The molecule has 1 aromatic carbocycles. The summed E-state index contributed by atoms with van der Waals surface area (Å²) in [5, 5.41) is 0. The van der Waals surface area contributed by atoms with E-state index in [1.807, 2.05) is 13.8 Å². The van der Waals surface area contributed by atoms with E-state index >= 15 is 0 Å². The number of hydrogen-bond donors (Lipinski definition) is 0. The predicted octanol–water partition coefficient (Wildman–Crippen LogP) is 3.39. The van der Waals surface area contributed by atoms with Gasteiger partial charge in [-0.1, -0.05) is 22.9 Å². The molecule has 0 bridgehead atoms. The van der Waals surface area contributed by atoms with Crippen LogP contribution < -0.4 is 4.74 Å². The molecule has 0 atom stereocenters. The molecule has 1 rings (SSSR count). The Morgan fingerprint density at radius 1 is 1.04 bits per heavy atom. The molecule has 0 amide bonds. The minimum absolute atomic E-state index is 0.0222. The van der Waals surface area contributed by atoms with Crippen molar-refractivity contribution in [3.05, 3.63) is 29.8 Å². The van der Waals surface area contributed by atoms with E-state index in [4.69, 9.17) is 14.2 Å². The third-order valence-corrected chi connectivity index (χ3v) is 3.29. The zero-order valence-corrected chi connectivity index (χ0v) is 15.4. The second kappa shape index (κ2) is 9.67. The highest BCUT2D eigenvalue weighted by Gasteiger charge is 2.24. The van der Waals surface area contributed by atoms with Gasteiger partial charge in [0.25, 0.3) is 0 Å². The van der Waals surface area contributed by atoms with Crippen molar-refractivity contribution < 1.29 is 23.8 Å². The van der Waals surface area contributed by atoms with Gasteiger partial charge in [0.05, 0.1) is 17.5 Å². The lowest BCUT2D eigenvalue weighted by atomic mass is 10.0. The molecule has 5 nitrogen and oxygen atoms in total. The van der Waals surface area contributed by atoms with E-state index in [0.717, 1.165) is 0 Å². The SMILES string of the molecule is CCC(=O)OCCOCCOc1ccc(C(=O)C(C)(C)Br)cc1. The fourth-order valence-corrected chi connectivity index (χ4v) is 1.91. The lowest BCUT2D eigenvalue weighted by Gasteiger charge is -2.14. The van der Waals surface area contributed by atoms with Gasteiger partial charge >= 0.3 is 5.97 Å². The van der Waals surface area contributed by atoms with Crippen LogP contribution >= 0.6 is 15.9 Å². The van der Waals surface area contributed by atoms with Gasteiger partial charge in [-0.05, 0) is 38.1 Å². The molecule has 128 valence electrons. The van der Waals surface area contributed by atoms with Crippen molar-refractivity contribution in [2.24, 2.45) is 0 Å². The smallest absolute Gasteiger partial charge is 0.305 e. The van der Waals surface area contributed by atoms with Gasteiger partial charge in [-0.3, -0.25) is 9.59 Å². The topological polar surface area (TPSA) is 61.8 Å². The molecular formula is C17H23BrO5. The van der Waals surface area contributed by atoms with Gasteiger partial charge in [0.2, 0.25) is 0 Å². The highest BCUT2D eigenvalue weighted by Crippen LogP contribution is 2.23. The number of rotatable bonds is 10. The first-order valence-corrected chi connectivity index (χ1v) is 8.34. The lowest BCUT2D eigenvalue weighted by molar-refractivity contribution is -0.144. The predicted molar refractivity (Wildman–Crippen MR) is 91.3 cm³/mol. The Bertz CT molecular complexity index is 505. The number of carbonyl (C=O) groups is 2. The largest absolute Gasteiger partial charge is 0.491 e. The van der Waals surface area contributed by atoms with E-state index in [1.54, 1.807) is 31.2 Å². The van der Waals surface area contributed by atoms with Crippen molar-refractivity contribution in [2.75, 3.05) is 26.4 Å². The first-order chi connectivity index (χ1) is 10.8. The van der Waals surface area contributed by atoms with Crippen LogP contribution in [0.5, 0.6) is 5.75 Å². The summed E-state index contributed by atoms with van der Waals surface area (Å²) in [5.41, 5.74) is 0.633. The summed E-state index contributed by atoms with van der Waals surface area (Å²) in [6.45, 7) is 6.77. The Labute approximate surface area is 145 Å². The second-order valence-corrected chi connectivity index (χ2v) is 7.34. The average Bonchev–Trinajstić information content (AvgIpc) is 2.52. The molecule has 6 heteroatoms. The van der Waals surface area contributed by atoms with Crippen molar-refractivity contribution in [2.45, 2.75) is 31.5 Å². The average molecular weight is 387 g/mol. The number of esters is 1. The maximum absolute atomic E-state index is 12.1. The minimum Gasteiger partial charge on any atom is -0.491 e. The molecule has 0 fully saturated rings. The summed E-state index contributed by atoms with van der Waals surface area (Å²) in [6.07, 6.45) is 0.369. The van der Waals surface area contributed by atoms with E-state index in [0.29, 0.717) is 37.6 Å². The fourth-order valence-electron chi connectivity index (χ4n) is 1.68. The summed E-state index contributed by atoms with van der Waals surface area (Å²) in [6, 6.07) is 7.00. The van der Waals surface area contributed by atoms with Crippen molar-refractivity contribution in [1.29, 1.82) is 0 Å². The highest BCUT2D eigenvalue weighted by atomic mass is 79.9. The van der Waals surface area contributed by atoms with Crippen LogP contribution in [0, 0.1) is 0 Å². The second-order valence-electron chi connectivity index (χ2n) is 5.36. The molecule has 0 heterocycles. The Morgan fingerprint density at radius 2 is 1.65 bits per heavy atom. The molecular weight excluding hydrogens is 364 g/mol. The number of halogens is 1. The van der Waals surface area contributed by atoms with Crippen LogP contribution in [0.25, 0.3) is 0 Å². The number of hydrogen-bond acceptors (Lipinski definition) is 5. The van der Waals surface area contributed by atoms with Crippen LogP contribution in [0.15, 0.2) is 24.3 Å². The number of carbonyl (C=O) groups excluding carboxylic acids is 2. The zero-order valence-electron chi connectivity index (χ0n) is 13.8. The molecule has 0 aromatic heterocycles. The molecule has 0 N–H and O–H groups in total. The Morgan fingerprint density at radius 3 is 2.22 bits per heavy atom. The first kappa shape index (κ1) is 19.6. The standard InChI is InChI=1S/C17H23BrO5/c1-4-15(19)23-12-10-21-9-11-22-14-7-5-13(6-8-14)16(20)17(2,3)18/h5-8H,4,9-12H2,1-3H3. The van der Waals surface area contributed by atoms with Crippen LogP contribution in [-0.2, 0) is 14.3 Å². The Balaban J connectivity index is 2.24. The molecule has 0 spiro atoms. The molecule has 0 aliphatic rings. The first-order valence-electron chi connectivity index (χ1n) is 7.54. The fraction of sp³-hybridized carbons (Fsp3) is 0.529. The Hall–Kier alpha value is -1.40. The highest BCUT2D eigenvalue weighted by molar-refractivity contribution is 9.10. The van der Waals surface area contributed by atoms with E-state index in [2.05, 4.69) is 15.9 Å². The van der Waals surface area contributed by atoms with Crippen LogP contribution in [0.2, 0.25) is 0 Å². The van der Waals surface area contributed by atoms with Gasteiger partial charge in [0, 0.05) is 12.0 Å². The molecule has 0 aliphatic heterocycles.